The molecule has 1 saturated heterocycles. The number of sulfonamides is 1. The highest BCUT2D eigenvalue weighted by molar-refractivity contribution is 7.89. The minimum Gasteiger partial charge on any atom is -0.379 e. The van der Waals surface area contributed by atoms with Gasteiger partial charge in [0.25, 0.3) is 0 Å². The highest BCUT2D eigenvalue weighted by atomic mass is 32.2. The summed E-state index contributed by atoms with van der Waals surface area (Å²) in [5.74, 6) is -0.554. The maximum Gasteiger partial charge on any atom is 0.241 e. The van der Waals surface area contributed by atoms with Crippen LogP contribution in [0.15, 0.2) is 23.1 Å². The third kappa shape index (κ3) is 4.47. The molecular formula is C14H21FN2O3S. The average Bonchev–Trinajstić information content (AvgIpc) is 2.41. The average molecular weight is 316 g/mol. The monoisotopic (exact) mass is 316 g/mol. The van der Waals surface area contributed by atoms with Crippen LogP contribution in [0.1, 0.15) is 12.5 Å². The Balaban J connectivity index is 2.04. The topological polar surface area (TPSA) is 58.6 Å². The smallest absolute Gasteiger partial charge is 0.241 e. The summed E-state index contributed by atoms with van der Waals surface area (Å²) >= 11 is 0. The largest absolute Gasteiger partial charge is 0.379 e. The summed E-state index contributed by atoms with van der Waals surface area (Å²) in [6.07, 6.45) is 0. The van der Waals surface area contributed by atoms with Gasteiger partial charge in [0.05, 0.1) is 18.1 Å². The summed E-state index contributed by atoms with van der Waals surface area (Å²) in [6, 6.07) is 3.53. The first-order valence-corrected chi connectivity index (χ1v) is 8.45. The van der Waals surface area contributed by atoms with Crippen molar-refractivity contribution in [3.8, 4) is 0 Å². The van der Waals surface area contributed by atoms with Crippen LogP contribution in [0, 0.1) is 12.7 Å². The molecule has 0 radical (unpaired) electrons. The third-order valence-electron chi connectivity index (χ3n) is 3.43. The molecule has 1 aliphatic rings. The number of nitrogens with one attached hydrogen (secondary N) is 1. The lowest BCUT2D eigenvalue weighted by Gasteiger charge is -2.29. The number of hydrogen-bond acceptors (Lipinski definition) is 4. The van der Waals surface area contributed by atoms with E-state index in [0.717, 1.165) is 19.2 Å². The van der Waals surface area contributed by atoms with Crippen LogP contribution in [0.3, 0.4) is 0 Å². The number of ether oxygens (including phenoxy) is 1. The number of hydrogen-bond donors (Lipinski definition) is 1. The van der Waals surface area contributed by atoms with Gasteiger partial charge in [-0.2, -0.15) is 0 Å². The van der Waals surface area contributed by atoms with Crippen LogP contribution in [-0.4, -0.2) is 52.2 Å². The fourth-order valence-electron chi connectivity index (χ4n) is 2.40. The Kier molecular flexibility index (Phi) is 5.32. The second kappa shape index (κ2) is 6.83. The quantitative estimate of drug-likeness (QED) is 0.885. The van der Waals surface area contributed by atoms with Crippen LogP contribution in [0.25, 0.3) is 0 Å². The second-order valence-corrected chi connectivity index (χ2v) is 7.03. The van der Waals surface area contributed by atoms with Crippen LogP contribution in [0.5, 0.6) is 0 Å². The summed E-state index contributed by atoms with van der Waals surface area (Å²) < 4.78 is 45.8. The molecule has 1 atom stereocenters. The summed E-state index contributed by atoms with van der Waals surface area (Å²) in [5.41, 5.74) is 0.530. The Labute approximate surface area is 125 Å². The molecule has 1 aliphatic heterocycles. The van der Waals surface area contributed by atoms with Gasteiger partial charge in [-0.1, -0.05) is 6.07 Å². The fourth-order valence-corrected chi connectivity index (χ4v) is 3.89. The zero-order chi connectivity index (χ0) is 15.5. The number of halogens is 1. The van der Waals surface area contributed by atoms with Crippen molar-refractivity contribution in [3.63, 3.8) is 0 Å². The van der Waals surface area contributed by atoms with E-state index in [0.29, 0.717) is 25.3 Å². The molecule has 21 heavy (non-hydrogen) atoms. The lowest BCUT2D eigenvalue weighted by Crippen LogP contribution is -2.46. The van der Waals surface area contributed by atoms with Gasteiger partial charge >= 0.3 is 0 Å². The van der Waals surface area contributed by atoms with Crippen molar-refractivity contribution in [2.45, 2.75) is 24.8 Å². The van der Waals surface area contributed by atoms with Gasteiger partial charge in [0.2, 0.25) is 10.0 Å². The maximum absolute atomic E-state index is 13.3. The predicted molar refractivity (Wildman–Crippen MR) is 78.2 cm³/mol. The van der Waals surface area contributed by atoms with E-state index in [9.17, 15) is 12.8 Å². The normalized spacial score (nSPS) is 18.6. The van der Waals surface area contributed by atoms with Crippen molar-refractivity contribution in [1.82, 2.24) is 9.62 Å². The molecule has 0 saturated carbocycles. The minimum atomic E-state index is -3.71. The van der Waals surface area contributed by atoms with Gasteiger partial charge in [0.1, 0.15) is 5.82 Å². The van der Waals surface area contributed by atoms with Gasteiger partial charge in [0, 0.05) is 25.7 Å². The van der Waals surface area contributed by atoms with E-state index in [1.807, 2.05) is 6.92 Å². The number of nitrogens with zero attached hydrogens (tertiary/aromatic N) is 1. The van der Waals surface area contributed by atoms with Gasteiger partial charge in [-0.25, -0.2) is 17.5 Å². The van der Waals surface area contributed by atoms with E-state index in [-0.39, 0.29) is 10.9 Å². The maximum atomic E-state index is 13.3. The molecule has 7 heteroatoms. The van der Waals surface area contributed by atoms with Crippen molar-refractivity contribution in [3.05, 3.63) is 29.6 Å². The van der Waals surface area contributed by atoms with E-state index < -0.39 is 15.8 Å². The van der Waals surface area contributed by atoms with Crippen molar-refractivity contribution < 1.29 is 17.5 Å². The van der Waals surface area contributed by atoms with Crippen LogP contribution >= 0.6 is 0 Å². The first-order valence-electron chi connectivity index (χ1n) is 6.97. The highest BCUT2D eigenvalue weighted by Gasteiger charge is 2.22. The van der Waals surface area contributed by atoms with Crippen molar-refractivity contribution in [2.24, 2.45) is 0 Å². The van der Waals surface area contributed by atoms with E-state index >= 15 is 0 Å². The zero-order valence-electron chi connectivity index (χ0n) is 12.3. The molecule has 118 valence electrons. The molecule has 0 bridgehead atoms. The molecule has 0 aromatic heterocycles. The Bertz CT molecular complexity index is 586. The SMILES string of the molecule is Cc1ccc(F)cc1S(=O)(=O)N[C@@H](C)CN1CCOCC1. The number of rotatable bonds is 5. The van der Waals surface area contributed by atoms with Gasteiger partial charge in [-0.05, 0) is 31.5 Å². The van der Waals surface area contributed by atoms with Crippen LogP contribution in [0.4, 0.5) is 4.39 Å². The Hall–Kier alpha value is -1.02. The predicted octanol–water partition coefficient (Wildman–Crippen LogP) is 1.13. The van der Waals surface area contributed by atoms with Crippen molar-refractivity contribution in [2.75, 3.05) is 32.8 Å². The Morgan fingerprint density at radius 1 is 1.38 bits per heavy atom. The molecule has 2 rings (SSSR count). The van der Waals surface area contributed by atoms with Crippen LogP contribution in [0.2, 0.25) is 0 Å². The molecule has 1 aromatic rings. The van der Waals surface area contributed by atoms with Gasteiger partial charge in [-0.15, -0.1) is 0 Å². The molecule has 1 fully saturated rings. The molecule has 1 N–H and O–H groups in total. The Morgan fingerprint density at radius 3 is 2.71 bits per heavy atom. The summed E-state index contributed by atoms with van der Waals surface area (Å²) in [6.45, 7) is 7.00. The molecule has 1 heterocycles. The summed E-state index contributed by atoms with van der Waals surface area (Å²) in [5, 5.41) is 0. The standard InChI is InChI=1S/C14H21FN2O3S/c1-11-3-4-13(15)9-14(11)21(18,19)16-12(2)10-17-5-7-20-8-6-17/h3-4,9,12,16H,5-8,10H2,1-2H3/t12-/m0/s1. The lowest BCUT2D eigenvalue weighted by molar-refractivity contribution is 0.0354. The molecule has 1 aromatic carbocycles. The second-order valence-electron chi connectivity index (χ2n) is 5.35. The Morgan fingerprint density at radius 2 is 2.05 bits per heavy atom. The molecule has 0 aliphatic carbocycles. The molecule has 0 amide bonds. The van der Waals surface area contributed by atoms with Crippen molar-refractivity contribution in [1.29, 1.82) is 0 Å². The highest BCUT2D eigenvalue weighted by Crippen LogP contribution is 2.16. The molecular weight excluding hydrogens is 295 g/mol. The fraction of sp³-hybridized carbons (Fsp3) is 0.571. The molecule has 0 unspecified atom stereocenters. The summed E-state index contributed by atoms with van der Waals surface area (Å²) in [7, 11) is -3.71. The first-order chi connectivity index (χ1) is 9.88. The number of benzene rings is 1. The van der Waals surface area contributed by atoms with E-state index in [1.165, 1.54) is 12.1 Å². The van der Waals surface area contributed by atoms with E-state index in [2.05, 4.69) is 9.62 Å². The van der Waals surface area contributed by atoms with Crippen LogP contribution < -0.4 is 4.72 Å². The third-order valence-corrected chi connectivity index (χ3v) is 5.16. The molecule has 5 nitrogen and oxygen atoms in total. The number of aryl methyl sites for hydroxylation is 1. The van der Waals surface area contributed by atoms with Crippen molar-refractivity contribution >= 4 is 10.0 Å². The number of morpholine rings is 1. The van der Waals surface area contributed by atoms with E-state index in [1.54, 1.807) is 6.92 Å². The van der Waals surface area contributed by atoms with Crippen LogP contribution in [-0.2, 0) is 14.8 Å². The van der Waals surface area contributed by atoms with Gasteiger partial charge < -0.3 is 4.74 Å². The first kappa shape index (κ1) is 16.4. The lowest BCUT2D eigenvalue weighted by atomic mass is 10.2. The van der Waals surface area contributed by atoms with E-state index in [4.69, 9.17) is 4.74 Å². The molecule has 0 spiro atoms. The zero-order valence-corrected chi connectivity index (χ0v) is 13.1. The summed E-state index contributed by atoms with van der Waals surface area (Å²) in [4.78, 5) is 2.14. The minimum absolute atomic E-state index is 0.00340. The van der Waals surface area contributed by atoms with Gasteiger partial charge in [-0.3, -0.25) is 4.90 Å². The van der Waals surface area contributed by atoms with Gasteiger partial charge in [0.15, 0.2) is 0 Å².